The molecule has 0 aromatic carbocycles. The molecule has 1 aliphatic rings. The molecule has 1 aromatic rings. The lowest BCUT2D eigenvalue weighted by Crippen LogP contribution is -2.27. The highest BCUT2D eigenvalue weighted by Crippen LogP contribution is 2.28. The number of hydrogen-bond donors (Lipinski definition) is 3. The van der Waals surface area contributed by atoms with Gasteiger partial charge < -0.3 is 5.32 Å². The van der Waals surface area contributed by atoms with Crippen molar-refractivity contribution in [3.63, 3.8) is 0 Å². The molecule has 1 fully saturated rings. The highest BCUT2D eigenvalue weighted by atomic mass is 35.5. The molecule has 1 heterocycles. The van der Waals surface area contributed by atoms with Gasteiger partial charge in [-0.15, -0.1) is 0 Å². The van der Waals surface area contributed by atoms with E-state index >= 15 is 0 Å². The second-order valence-electron chi connectivity index (χ2n) is 4.90. The molecule has 0 saturated heterocycles. The third-order valence-electron chi connectivity index (χ3n) is 3.56. The lowest BCUT2D eigenvalue weighted by Gasteiger charge is -2.23. The zero-order valence-corrected chi connectivity index (χ0v) is 11.4. The lowest BCUT2D eigenvalue weighted by atomic mass is 9.97. The maximum atomic E-state index is 6.10. The molecule has 0 spiro atoms. The number of hydrogen-bond acceptors (Lipinski definition) is 5. The fourth-order valence-electron chi connectivity index (χ4n) is 2.42. The van der Waals surface area contributed by atoms with Crippen LogP contribution in [0, 0.1) is 5.92 Å². The zero-order chi connectivity index (χ0) is 13.0. The third-order valence-corrected chi connectivity index (χ3v) is 3.83. The molecule has 4 N–H and O–H groups in total. The first-order chi connectivity index (χ1) is 8.70. The van der Waals surface area contributed by atoms with Gasteiger partial charge in [0, 0.05) is 6.04 Å². The molecular weight excluding hydrogens is 250 g/mol. The predicted molar refractivity (Wildman–Crippen MR) is 74.5 cm³/mol. The molecule has 100 valence electrons. The Morgan fingerprint density at radius 2 is 2.11 bits per heavy atom. The van der Waals surface area contributed by atoms with Crippen molar-refractivity contribution in [2.75, 3.05) is 10.7 Å². The van der Waals surface area contributed by atoms with Crippen LogP contribution in [-0.2, 0) is 0 Å². The van der Waals surface area contributed by atoms with Crippen LogP contribution in [0.2, 0.25) is 5.02 Å². The maximum Gasteiger partial charge on any atom is 0.239 e. The molecule has 2 atom stereocenters. The number of halogens is 1. The number of aromatic nitrogens is 2. The Kier molecular flexibility index (Phi) is 4.60. The van der Waals surface area contributed by atoms with Gasteiger partial charge in [0.1, 0.15) is 5.02 Å². The van der Waals surface area contributed by atoms with Gasteiger partial charge in [-0.25, -0.2) is 10.8 Å². The van der Waals surface area contributed by atoms with E-state index < -0.39 is 0 Å². The van der Waals surface area contributed by atoms with Crippen LogP contribution < -0.4 is 16.6 Å². The normalized spacial score (nSPS) is 24.4. The fourth-order valence-corrected chi connectivity index (χ4v) is 2.57. The minimum atomic E-state index is 0.378. The van der Waals surface area contributed by atoms with Crippen LogP contribution in [0.1, 0.15) is 39.0 Å². The van der Waals surface area contributed by atoms with Crippen molar-refractivity contribution in [2.45, 2.75) is 45.1 Å². The molecular formula is C12H20ClN5. The average Bonchev–Trinajstić information content (AvgIpc) is 2.58. The fraction of sp³-hybridized carbons (Fsp3) is 0.667. The number of nitrogens with zero attached hydrogens (tertiary/aromatic N) is 2. The largest absolute Gasteiger partial charge is 0.366 e. The van der Waals surface area contributed by atoms with Gasteiger partial charge in [-0.3, -0.25) is 5.43 Å². The van der Waals surface area contributed by atoms with Crippen molar-refractivity contribution < 1.29 is 0 Å². The van der Waals surface area contributed by atoms with Crippen molar-refractivity contribution in [2.24, 2.45) is 11.8 Å². The number of nitrogen functional groups attached to an aromatic ring is 1. The van der Waals surface area contributed by atoms with E-state index in [0.717, 1.165) is 6.42 Å². The molecule has 0 aliphatic heterocycles. The molecule has 0 amide bonds. The summed E-state index contributed by atoms with van der Waals surface area (Å²) < 4.78 is 0. The van der Waals surface area contributed by atoms with E-state index in [2.05, 4.69) is 27.6 Å². The van der Waals surface area contributed by atoms with Crippen LogP contribution in [0.25, 0.3) is 0 Å². The summed E-state index contributed by atoms with van der Waals surface area (Å²) in [7, 11) is 0. The van der Waals surface area contributed by atoms with Crippen molar-refractivity contribution in [3.05, 3.63) is 11.2 Å². The number of nitrogens with two attached hydrogens (primary N) is 1. The number of anilines is 2. The topological polar surface area (TPSA) is 75.9 Å². The zero-order valence-electron chi connectivity index (χ0n) is 10.6. The third kappa shape index (κ3) is 3.23. The van der Waals surface area contributed by atoms with Gasteiger partial charge in [0.2, 0.25) is 5.95 Å². The second-order valence-corrected chi connectivity index (χ2v) is 5.31. The van der Waals surface area contributed by atoms with Gasteiger partial charge in [0.25, 0.3) is 0 Å². The summed E-state index contributed by atoms with van der Waals surface area (Å²) in [6.45, 7) is 2.28. The molecule has 2 unspecified atom stereocenters. The smallest absolute Gasteiger partial charge is 0.239 e. The molecule has 2 rings (SSSR count). The summed E-state index contributed by atoms with van der Waals surface area (Å²) in [5, 5.41) is 3.97. The standard InChI is InChI=1S/C12H20ClN5/c1-8-5-3-2-4-6-10(8)16-11-9(13)7-15-12(17-11)18-14/h7-8,10H,2-6,14H2,1H3,(H2,15,16,17,18). The van der Waals surface area contributed by atoms with Crippen LogP contribution in [0.5, 0.6) is 0 Å². The summed E-state index contributed by atoms with van der Waals surface area (Å²) in [5.74, 6) is 6.98. The van der Waals surface area contributed by atoms with Crippen LogP contribution >= 0.6 is 11.6 Å². The van der Waals surface area contributed by atoms with E-state index in [1.807, 2.05) is 0 Å². The highest BCUT2D eigenvalue weighted by molar-refractivity contribution is 6.32. The highest BCUT2D eigenvalue weighted by Gasteiger charge is 2.21. The molecule has 0 radical (unpaired) electrons. The van der Waals surface area contributed by atoms with Gasteiger partial charge in [0.05, 0.1) is 6.20 Å². The Bertz CT molecular complexity index is 398. The molecule has 5 nitrogen and oxygen atoms in total. The Balaban J connectivity index is 2.11. The summed E-state index contributed by atoms with van der Waals surface area (Å²) in [4.78, 5) is 8.23. The van der Waals surface area contributed by atoms with Gasteiger partial charge in [-0.1, -0.05) is 37.8 Å². The van der Waals surface area contributed by atoms with Crippen molar-refractivity contribution in [1.29, 1.82) is 0 Å². The number of rotatable bonds is 3. The first kappa shape index (κ1) is 13.4. The molecule has 1 aliphatic carbocycles. The van der Waals surface area contributed by atoms with Crippen LogP contribution in [0.3, 0.4) is 0 Å². The van der Waals surface area contributed by atoms with E-state index in [9.17, 15) is 0 Å². The number of nitrogens with one attached hydrogen (secondary N) is 2. The summed E-state index contributed by atoms with van der Waals surface area (Å²) >= 11 is 6.10. The van der Waals surface area contributed by atoms with E-state index in [0.29, 0.717) is 28.7 Å². The molecule has 1 saturated carbocycles. The Morgan fingerprint density at radius 1 is 1.33 bits per heavy atom. The van der Waals surface area contributed by atoms with Gasteiger partial charge in [0.15, 0.2) is 5.82 Å². The van der Waals surface area contributed by atoms with Crippen LogP contribution in [0.4, 0.5) is 11.8 Å². The SMILES string of the molecule is CC1CCCCCC1Nc1nc(NN)ncc1Cl. The second kappa shape index (κ2) is 6.20. The van der Waals surface area contributed by atoms with Crippen molar-refractivity contribution in [3.8, 4) is 0 Å². The van der Waals surface area contributed by atoms with Crippen LogP contribution in [0.15, 0.2) is 6.20 Å². The predicted octanol–water partition coefficient (Wildman–Crippen LogP) is 2.80. The maximum absolute atomic E-state index is 6.10. The molecule has 1 aromatic heterocycles. The minimum absolute atomic E-state index is 0.378. The van der Waals surface area contributed by atoms with Crippen molar-refractivity contribution in [1.82, 2.24) is 9.97 Å². The number of hydrazine groups is 1. The lowest BCUT2D eigenvalue weighted by molar-refractivity contribution is 0.455. The van der Waals surface area contributed by atoms with E-state index in [-0.39, 0.29) is 0 Å². The van der Waals surface area contributed by atoms with E-state index in [4.69, 9.17) is 17.4 Å². The minimum Gasteiger partial charge on any atom is -0.366 e. The van der Waals surface area contributed by atoms with E-state index in [1.54, 1.807) is 6.20 Å². The van der Waals surface area contributed by atoms with Gasteiger partial charge in [-0.2, -0.15) is 4.98 Å². The van der Waals surface area contributed by atoms with Crippen molar-refractivity contribution >= 4 is 23.4 Å². The summed E-state index contributed by atoms with van der Waals surface area (Å²) in [6, 6.07) is 0.422. The van der Waals surface area contributed by atoms with Gasteiger partial charge >= 0.3 is 0 Å². The monoisotopic (exact) mass is 269 g/mol. The van der Waals surface area contributed by atoms with Gasteiger partial charge in [-0.05, 0) is 18.8 Å². The van der Waals surface area contributed by atoms with Crippen LogP contribution in [-0.4, -0.2) is 16.0 Å². The van der Waals surface area contributed by atoms with E-state index in [1.165, 1.54) is 25.7 Å². The Labute approximate surface area is 112 Å². The Morgan fingerprint density at radius 3 is 2.89 bits per heavy atom. The molecule has 18 heavy (non-hydrogen) atoms. The first-order valence-electron chi connectivity index (χ1n) is 6.46. The summed E-state index contributed by atoms with van der Waals surface area (Å²) in [6.07, 6.45) is 7.86. The molecule has 0 bridgehead atoms. The first-order valence-corrected chi connectivity index (χ1v) is 6.84. The average molecular weight is 270 g/mol. The summed E-state index contributed by atoms with van der Waals surface area (Å²) in [5.41, 5.74) is 2.43. The Hall–Kier alpha value is -1.07. The molecule has 6 heteroatoms. The quantitative estimate of drug-likeness (QED) is 0.447.